The third kappa shape index (κ3) is 24.7. The molecule has 112 heavy (non-hydrogen) atoms. The summed E-state index contributed by atoms with van der Waals surface area (Å²) in [5.74, 6) is 1.47. The van der Waals surface area contributed by atoms with Crippen molar-refractivity contribution in [2.24, 2.45) is 23.7 Å². The van der Waals surface area contributed by atoms with Gasteiger partial charge in [-0.05, 0) is 134 Å². The van der Waals surface area contributed by atoms with Gasteiger partial charge in [0.1, 0.15) is 0 Å². The first-order chi connectivity index (χ1) is 55.0. The highest BCUT2D eigenvalue weighted by molar-refractivity contribution is 7.33. The van der Waals surface area contributed by atoms with Crippen LogP contribution >= 0.6 is 68.0 Å². The Kier molecular flexibility index (Phi) is 39.1. The Morgan fingerprint density at radius 2 is 0.455 bits per heavy atom. The van der Waals surface area contributed by atoms with Crippen molar-refractivity contribution in [2.75, 3.05) is 26.2 Å². The molecular formula is C98H144N4O4S6. The van der Waals surface area contributed by atoms with Crippen molar-refractivity contribution < 1.29 is 19.2 Å². The summed E-state index contributed by atoms with van der Waals surface area (Å²) < 4.78 is 2.46. The molecule has 0 aliphatic carbocycles. The molecule has 14 heteroatoms. The fourth-order valence-corrected chi connectivity index (χ4v) is 24.5. The first-order valence-corrected chi connectivity index (χ1v) is 51.1. The largest absolute Gasteiger partial charge is 0.306 e. The first kappa shape index (κ1) is 89.6. The molecule has 0 aromatic carbocycles. The van der Waals surface area contributed by atoms with Gasteiger partial charge in [0, 0.05) is 55.1 Å². The van der Waals surface area contributed by atoms with Gasteiger partial charge in [-0.2, -0.15) is 0 Å². The van der Waals surface area contributed by atoms with E-state index in [1.165, 1.54) is 263 Å². The molecule has 0 radical (unpaired) electrons. The van der Waals surface area contributed by atoms with Crippen LogP contribution in [0.4, 0.5) is 0 Å². The van der Waals surface area contributed by atoms with Crippen molar-refractivity contribution in [2.45, 2.75) is 364 Å². The average molecular weight is 1630 g/mol. The van der Waals surface area contributed by atoms with Crippen molar-refractivity contribution >= 4 is 124 Å². The van der Waals surface area contributed by atoms with E-state index < -0.39 is 0 Å². The number of carbonyl (C=O) groups excluding carboxylic acids is 4. The van der Waals surface area contributed by atoms with Crippen molar-refractivity contribution in [3.8, 4) is 19.5 Å². The molecule has 0 fully saturated rings. The Morgan fingerprint density at radius 3 is 0.688 bits per heavy atom. The molecular weight excluding hydrogens is 1490 g/mol. The Bertz CT molecular complexity index is 3650. The molecule has 4 aliphatic rings. The quantitative estimate of drug-likeness (QED) is 0.0356. The van der Waals surface area contributed by atoms with Crippen molar-refractivity contribution in [3.05, 3.63) is 113 Å². The Morgan fingerprint density at radius 1 is 0.241 bits per heavy atom. The summed E-state index contributed by atoms with van der Waals surface area (Å²) in [5, 5.41) is 4.23. The third-order valence-corrected chi connectivity index (χ3v) is 31.4. The van der Waals surface area contributed by atoms with Crippen LogP contribution in [-0.2, 0) is 19.2 Å². The van der Waals surface area contributed by atoms with Crippen LogP contribution in [0.25, 0.3) is 51.7 Å². The van der Waals surface area contributed by atoms with Gasteiger partial charge in [-0.3, -0.25) is 19.2 Å². The van der Waals surface area contributed by atoms with E-state index in [1.54, 1.807) is 45.3 Å². The maximum Gasteiger partial charge on any atom is 0.261 e. The fourth-order valence-electron chi connectivity index (χ4n) is 18.2. The summed E-state index contributed by atoms with van der Waals surface area (Å²) in [6.07, 6.45) is 58.1. The Hall–Kier alpha value is -4.70. The van der Waals surface area contributed by atoms with E-state index in [0.717, 1.165) is 116 Å². The molecule has 0 bridgehead atoms. The van der Waals surface area contributed by atoms with Gasteiger partial charge in [-0.25, -0.2) is 0 Å². The number of nitrogens with zero attached hydrogens (tertiary/aromatic N) is 4. The molecule has 0 saturated carbocycles. The van der Waals surface area contributed by atoms with E-state index in [-0.39, 0.29) is 23.6 Å². The highest BCUT2D eigenvalue weighted by Gasteiger charge is 2.52. The lowest BCUT2D eigenvalue weighted by molar-refractivity contribution is -0.124. The number of fused-ring (bicyclic) bond motifs is 3. The highest BCUT2D eigenvalue weighted by Crippen LogP contribution is 2.54. The minimum Gasteiger partial charge on any atom is -0.306 e. The van der Waals surface area contributed by atoms with Gasteiger partial charge in [0.05, 0.1) is 64.6 Å². The van der Waals surface area contributed by atoms with Gasteiger partial charge in [-0.1, -0.05) is 324 Å². The van der Waals surface area contributed by atoms with E-state index in [1.807, 2.05) is 22.7 Å². The van der Waals surface area contributed by atoms with E-state index in [9.17, 15) is 0 Å². The van der Waals surface area contributed by atoms with Gasteiger partial charge in [0.2, 0.25) is 0 Å². The minimum atomic E-state index is 0.0133. The molecule has 10 heterocycles. The normalized spacial score (nSPS) is 15.8. The minimum absolute atomic E-state index is 0.0133. The predicted octanol–water partition coefficient (Wildman–Crippen LogP) is 31.5. The van der Waals surface area contributed by atoms with Crippen LogP contribution in [0.15, 0.2) is 93.7 Å². The molecule has 6 aromatic heterocycles. The fraction of sp³-hybridized carbons (Fsp3) is 0.653. The molecule has 10 rings (SSSR count). The second-order valence-corrected chi connectivity index (χ2v) is 40.1. The van der Waals surface area contributed by atoms with E-state index >= 15 is 19.2 Å². The molecule has 4 atom stereocenters. The first-order valence-electron chi connectivity index (χ1n) is 46.1. The molecule has 0 spiro atoms. The van der Waals surface area contributed by atoms with E-state index in [2.05, 4.69) is 146 Å². The van der Waals surface area contributed by atoms with Crippen LogP contribution < -0.4 is 0 Å². The van der Waals surface area contributed by atoms with Gasteiger partial charge in [-0.15, -0.1) is 68.0 Å². The molecule has 6 aromatic rings. The zero-order valence-corrected chi connectivity index (χ0v) is 75.8. The highest BCUT2D eigenvalue weighted by atomic mass is 32.1. The number of thiophene rings is 6. The molecule has 8 nitrogen and oxygen atoms in total. The SMILES string of the molecule is CCCCCCCCC(CCCCCC)CN1C(=O)C2=C(c3ccc(-c4cc5sc(-c6ccc(C7=C8C(=O)N(CC(CCCCCC)CCCCCCCC)C(c9cccs9)=C8C(=O)N7CC(CCCCCC)CCCCCCCC)s6)cc5s4)s3)N(CC(CCCCCC)CCCCCCCC)C(=O)C2=C1c1cccs1. The molecule has 4 aliphatic heterocycles. The van der Waals surface area contributed by atoms with Crippen LogP contribution in [0.3, 0.4) is 0 Å². The van der Waals surface area contributed by atoms with E-state index in [4.69, 9.17) is 0 Å². The molecule has 616 valence electrons. The van der Waals surface area contributed by atoms with Gasteiger partial charge >= 0.3 is 0 Å². The molecule has 4 unspecified atom stereocenters. The second-order valence-electron chi connectivity index (χ2n) is 33.9. The maximum atomic E-state index is 16.0. The topological polar surface area (TPSA) is 81.2 Å². The summed E-state index contributed by atoms with van der Waals surface area (Å²) in [4.78, 5) is 81.3. The lowest BCUT2D eigenvalue weighted by Gasteiger charge is -2.29. The summed E-state index contributed by atoms with van der Waals surface area (Å²) >= 11 is 10.5. The van der Waals surface area contributed by atoms with Crippen LogP contribution in [0.1, 0.15) is 383 Å². The molecule has 4 amide bonds. The van der Waals surface area contributed by atoms with Crippen LogP contribution in [-0.4, -0.2) is 69.4 Å². The number of hydrogen-bond donors (Lipinski definition) is 0. The third-order valence-electron chi connectivity index (χ3n) is 24.7. The van der Waals surface area contributed by atoms with Crippen molar-refractivity contribution in [1.82, 2.24) is 19.6 Å². The maximum absolute atomic E-state index is 16.0. The van der Waals surface area contributed by atoms with Crippen LogP contribution in [0.2, 0.25) is 0 Å². The van der Waals surface area contributed by atoms with Crippen molar-refractivity contribution in [1.29, 1.82) is 0 Å². The standard InChI is InChI=1S/C98H144N4O4S6/c1-9-17-25-33-37-45-55-73(51-41-29-21-13-5)69-99-91(79-59-49-65-107-79)87-89(97(99)105)93(101(95(87)103)71-75(53-43-31-23-15-7)57-47-39-35-27-19-11-3)81-63-61-77(109-81)83-67-85-86(111-83)68-84(112-85)78-62-64-82(110-78)94-90-88(96(104)102(94)72-76(54-44-32-24-16-8)58-48-40-36-28-20-12-4)92(80-60-50-66-108-80)100(98(90)106)70-74(52-42-30-22-14-6)56-46-38-34-26-18-10-2/h49-50,59-68,73-76H,9-48,51-58,69-72H2,1-8H3. The summed E-state index contributed by atoms with van der Waals surface area (Å²) in [5.41, 5.74) is 5.90. The second kappa shape index (κ2) is 48.9. The summed E-state index contributed by atoms with van der Waals surface area (Å²) in [7, 11) is 0. The Labute approximate surface area is 703 Å². The number of unbranched alkanes of at least 4 members (excludes halogenated alkanes) is 32. The van der Waals surface area contributed by atoms with Gasteiger partial charge in [0.25, 0.3) is 23.6 Å². The summed E-state index contributed by atoms with van der Waals surface area (Å²) in [6, 6.07) is 22.2. The Balaban J connectivity index is 0.995. The molecule has 0 saturated heterocycles. The molecule has 0 N–H and O–H groups in total. The lowest BCUT2D eigenvalue weighted by Crippen LogP contribution is -2.34. The smallest absolute Gasteiger partial charge is 0.261 e. The zero-order valence-electron chi connectivity index (χ0n) is 70.9. The number of hydrogen-bond acceptors (Lipinski definition) is 10. The summed E-state index contributed by atoms with van der Waals surface area (Å²) in [6.45, 7) is 20.9. The van der Waals surface area contributed by atoms with Crippen LogP contribution in [0.5, 0.6) is 0 Å². The number of amides is 4. The van der Waals surface area contributed by atoms with E-state index in [0.29, 0.717) is 72.1 Å². The average Bonchev–Trinajstić information content (AvgIpc) is 1.55. The predicted molar refractivity (Wildman–Crippen MR) is 490 cm³/mol. The van der Waals surface area contributed by atoms with Gasteiger partial charge in [0.15, 0.2) is 0 Å². The zero-order chi connectivity index (χ0) is 78.8. The number of rotatable bonds is 62. The van der Waals surface area contributed by atoms with Crippen molar-refractivity contribution in [3.63, 3.8) is 0 Å². The van der Waals surface area contributed by atoms with Gasteiger partial charge < -0.3 is 19.6 Å². The monoisotopic (exact) mass is 1630 g/mol. The number of carbonyl (C=O) groups is 4. The lowest BCUT2D eigenvalue weighted by atomic mass is 9.93. The van der Waals surface area contributed by atoms with Crippen LogP contribution in [0, 0.1) is 23.7 Å².